The molecule has 0 bridgehead atoms. The van der Waals surface area contributed by atoms with E-state index >= 15 is 0 Å². The fraction of sp³-hybridized carbons (Fsp3) is 1.00. The van der Waals surface area contributed by atoms with Crippen LogP contribution in [0.25, 0.3) is 0 Å². The molecule has 0 amide bonds. The van der Waals surface area contributed by atoms with Crippen molar-refractivity contribution in [3.63, 3.8) is 0 Å². The van der Waals surface area contributed by atoms with E-state index in [4.69, 9.17) is 8.42 Å². The van der Waals surface area contributed by atoms with E-state index in [0.29, 0.717) is 0 Å². The molecule has 0 atom stereocenters. The standard InChI is InChI=1S/CH3O3S.Bi.2H/c1-4-5(2)3;;;/h1H3;;;/q-1;+1;;. The van der Waals surface area contributed by atoms with Crippen molar-refractivity contribution in [1.82, 2.24) is 0 Å². The van der Waals surface area contributed by atoms with Gasteiger partial charge >= 0.3 is 26.2 Å². The van der Waals surface area contributed by atoms with Crippen LogP contribution in [0, 0.1) is 0 Å². The van der Waals surface area contributed by atoms with Gasteiger partial charge in [0.15, 0.2) is 0 Å². The van der Waals surface area contributed by atoms with Crippen LogP contribution in [0.2, 0.25) is 0 Å². The molecule has 0 aliphatic carbocycles. The van der Waals surface area contributed by atoms with E-state index < -0.39 is 11.0 Å². The van der Waals surface area contributed by atoms with Gasteiger partial charge in [0.05, 0.1) is 11.0 Å². The third-order valence-corrected chi connectivity index (χ3v) is 0.408. The van der Waals surface area contributed by atoms with Crippen molar-refractivity contribution in [2.24, 2.45) is 0 Å². The number of hydrogen-bond acceptors (Lipinski definition) is 4. The molecule has 0 aromatic carbocycles. The van der Waals surface area contributed by atoms with Crippen molar-refractivity contribution in [3.05, 3.63) is 0 Å². The predicted octanol–water partition coefficient (Wildman–Crippen LogP) is -1.06. The van der Waals surface area contributed by atoms with Crippen molar-refractivity contribution >= 4 is 37.2 Å². The van der Waals surface area contributed by atoms with E-state index in [1.807, 2.05) is 0 Å². The molecule has 0 heterocycles. The summed E-state index contributed by atoms with van der Waals surface area (Å²) in [4.78, 5) is 0. The van der Waals surface area contributed by atoms with Crippen LogP contribution >= 0.6 is 0 Å². The summed E-state index contributed by atoms with van der Waals surface area (Å²) in [6.07, 6.45) is 0. The van der Waals surface area contributed by atoms with Crippen molar-refractivity contribution < 1.29 is 12.6 Å². The second-order valence-corrected chi connectivity index (χ2v) is 1.11. The first kappa shape index (κ1) is 9.92. The Kier molecular flexibility index (Phi) is 9.58. The van der Waals surface area contributed by atoms with Crippen LogP contribution in [-0.4, -0.2) is 33.3 Å². The summed E-state index contributed by atoms with van der Waals surface area (Å²) in [5.74, 6) is 0. The molecule has 0 aromatic rings. The van der Waals surface area contributed by atoms with Gasteiger partial charge in [-0.2, -0.15) is 0 Å². The Morgan fingerprint density at radius 1 is 1.50 bits per heavy atom. The van der Waals surface area contributed by atoms with E-state index in [0.717, 1.165) is 7.11 Å². The van der Waals surface area contributed by atoms with Gasteiger partial charge in [0.2, 0.25) is 0 Å². The van der Waals surface area contributed by atoms with Crippen molar-refractivity contribution in [2.45, 2.75) is 0 Å². The summed E-state index contributed by atoms with van der Waals surface area (Å²) in [7, 11) is -1.24. The topological polar surface area (TPSA) is 43.4 Å². The van der Waals surface area contributed by atoms with Crippen LogP contribution in [0.15, 0.2) is 0 Å². The zero-order valence-corrected chi connectivity index (χ0v) is 8.52. The van der Waals surface area contributed by atoms with Gasteiger partial charge in [0.1, 0.15) is 0 Å². The molecule has 0 saturated heterocycles. The molecule has 6 heavy (non-hydrogen) atoms. The third-order valence-electron chi connectivity index (χ3n) is 0.136. The first-order chi connectivity index (χ1) is 2.27. The van der Waals surface area contributed by atoms with Crippen LogP contribution in [0.1, 0.15) is 0 Å². The summed E-state index contributed by atoms with van der Waals surface area (Å²) >= 11 is 0. The molecule has 38 valence electrons. The summed E-state index contributed by atoms with van der Waals surface area (Å²) in [5.41, 5.74) is 0. The molecule has 0 unspecified atom stereocenters. The summed E-state index contributed by atoms with van der Waals surface area (Å²) < 4.78 is 22.0. The zero-order chi connectivity index (χ0) is 4.28. The second-order valence-electron chi connectivity index (χ2n) is 0.371. The molecule has 0 rings (SSSR count). The third kappa shape index (κ3) is 8.84. The molecule has 0 N–H and O–H groups in total. The molecule has 0 spiro atoms. The Balaban J connectivity index is 0. The molecular formula is CH5BiO3S. The molecule has 0 fully saturated rings. The van der Waals surface area contributed by atoms with Gasteiger partial charge in [-0.3, -0.25) is 0 Å². The minimum atomic E-state index is -2.32. The van der Waals surface area contributed by atoms with Crippen LogP contribution in [-0.2, 0) is 23.6 Å². The van der Waals surface area contributed by atoms with E-state index in [2.05, 4.69) is 4.18 Å². The monoisotopic (exact) mass is 306 g/mol. The Morgan fingerprint density at radius 2 is 1.67 bits per heavy atom. The normalized spacial score (nSPS) is 7.67. The maximum atomic E-state index is 9.15. The van der Waals surface area contributed by atoms with E-state index in [9.17, 15) is 0 Å². The second kappa shape index (κ2) is 5.79. The Hall–Kier alpha value is 0.793. The van der Waals surface area contributed by atoms with Gasteiger partial charge in [-0.25, -0.2) is 0 Å². The van der Waals surface area contributed by atoms with Crippen LogP contribution in [0.5, 0.6) is 0 Å². The van der Waals surface area contributed by atoms with Crippen molar-refractivity contribution in [3.8, 4) is 0 Å². The first-order valence-corrected chi connectivity index (χ1v) is 1.91. The molecular weight excluding hydrogens is 301 g/mol. The van der Waals surface area contributed by atoms with Crippen LogP contribution < -0.4 is 0 Å². The van der Waals surface area contributed by atoms with Crippen LogP contribution in [0.4, 0.5) is 0 Å². The van der Waals surface area contributed by atoms with E-state index in [1.165, 1.54) is 0 Å². The summed E-state index contributed by atoms with van der Waals surface area (Å²) in [6, 6.07) is 0. The van der Waals surface area contributed by atoms with Gasteiger partial charge < -0.3 is 12.6 Å². The Morgan fingerprint density at radius 3 is 1.67 bits per heavy atom. The number of hydrogen-bond donors (Lipinski definition) is 0. The number of rotatable bonds is 1. The van der Waals surface area contributed by atoms with Gasteiger partial charge in [-0.15, -0.1) is 0 Å². The van der Waals surface area contributed by atoms with Gasteiger partial charge in [0.25, 0.3) is 0 Å². The minimum absolute atomic E-state index is 0. The predicted molar refractivity (Wildman–Crippen MR) is 24.3 cm³/mol. The quantitative estimate of drug-likeness (QED) is 0.458. The molecule has 2 radical (unpaired) electrons. The zero-order valence-electron chi connectivity index (χ0n) is 3.21. The van der Waals surface area contributed by atoms with Gasteiger partial charge in [-0.1, -0.05) is 0 Å². The summed E-state index contributed by atoms with van der Waals surface area (Å²) in [5, 5.41) is 0. The van der Waals surface area contributed by atoms with Crippen molar-refractivity contribution in [1.29, 1.82) is 0 Å². The van der Waals surface area contributed by atoms with Gasteiger partial charge in [-0.05, 0) is 0 Å². The molecule has 3 nitrogen and oxygen atoms in total. The Labute approximate surface area is 57.0 Å². The molecule has 5 heteroatoms. The summed E-state index contributed by atoms with van der Waals surface area (Å²) in [6.45, 7) is 0. The average molecular weight is 306 g/mol. The molecule has 0 aliphatic heterocycles. The fourth-order valence-corrected chi connectivity index (χ4v) is 0. The molecule has 0 aromatic heterocycles. The van der Waals surface area contributed by atoms with E-state index in [1.54, 1.807) is 0 Å². The van der Waals surface area contributed by atoms with Crippen LogP contribution in [0.3, 0.4) is 0 Å². The maximum absolute atomic E-state index is 9.15. The average Bonchev–Trinajstić information content (AvgIpc) is 1.38. The molecule has 0 aliphatic rings. The fourth-order valence-electron chi connectivity index (χ4n) is 0. The van der Waals surface area contributed by atoms with Gasteiger partial charge in [0, 0.05) is 7.11 Å². The Bertz CT molecular complexity index is 68.9. The molecule has 0 saturated carbocycles. The first-order valence-electron chi connectivity index (χ1n) is 0.908. The van der Waals surface area contributed by atoms with E-state index in [-0.39, 0.29) is 26.2 Å². The van der Waals surface area contributed by atoms with Crippen molar-refractivity contribution in [2.75, 3.05) is 7.11 Å². The SMILES string of the molecule is CO[S-](=O)=O.[BiH2+].